The minimum Gasteiger partial charge on any atom is -0.469 e. The summed E-state index contributed by atoms with van der Waals surface area (Å²) in [6, 6.07) is -0.599. The minimum absolute atomic E-state index is 0.0729. The highest BCUT2D eigenvalue weighted by atomic mass is 19.4. The number of esters is 1. The Hall–Kier alpha value is -1.67. The molecular weight excluding hydrogens is 301 g/mol. The van der Waals surface area contributed by atoms with Gasteiger partial charge in [-0.05, 0) is 24.6 Å². The highest BCUT2D eigenvalue weighted by Crippen LogP contribution is 2.36. The minimum atomic E-state index is -5.02. The van der Waals surface area contributed by atoms with Crippen molar-refractivity contribution in [2.45, 2.75) is 31.7 Å². The topological polar surface area (TPSA) is 26.3 Å². The second kappa shape index (κ2) is 5.99. The summed E-state index contributed by atoms with van der Waals surface area (Å²) in [7, 11) is 5.27. The average Bonchev–Trinajstić information content (AvgIpc) is 2.35. The standard InChI is InChI=1S/C12H9BF6O2/c1-2-9(13)21-10(20)6-3-7(11(14,15)16)5-8(4-6)12(17,18)19/h3-5,9H,2H2,1H3. The van der Waals surface area contributed by atoms with Crippen LogP contribution < -0.4 is 0 Å². The molecule has 21 heavy (non-hydrogen) atoms. The van der Waals surface area contributed by atoms with Crippen LogP contribution in [0.4, 0.5) is 26.3 Å². The summed E-state index contributed by atoms with van der Waals surface area (Å²) in [5, 5.41) is 0. The molecule has 1 aromatic carbocycles. The molecule has 1 atom stereocenters. The van der Waals surface area contributed by atoms with Crippen molar-refractivity contribution < 1.29 is 35.9 Å². The summed E-state index contributed by atoms with van der Waals surface area (Å²) in [4.78, 5) is 11.5. The molecule has 1 aromatic rings. The second-order valence-corrected chi connectivity index (χ2v) is 4.15. The van der Waals surface area contributed by atoms with Crippen molar-refractivity contribution in [3.05, 3.63) is 34.9 Å². The number of hydrogen-bond donors (Lipinski definition) is 0. The van der Waals surface area contributed by atoms with Gasteiger partial charge in [0.1, 0.15) is 7.85 Å². The van der Waals surface area contributed by atoms with Gasteiger partial charge < -0.3 is 4.74 Å². The van der Waals surface area contributed by atoms with Gasteiger partial charge in [-0.2, -0.15) is 26.3 Å². The molecule has 2 radical (unpaired) electrons. The van der Waals surface area contributed by atoms with E-state index in [0.717, 1.165) is 0 Å². The Morgan fingerprint density at radius 3 is 1.86 bits per heavy atom. The van der Waals surface area contributed by atoms with Crippen molar-refractivity contribution >= 4 is 13.8 Å². The predicted octanol–water partition coefficient (Wildman–Crippen LogP) is 3.79. The average molecular weight is 310 g/mol. The van der Waals surface area contributed by atoms with E-state index in [1.165, 1.54) is 6.92 Å². The first-order chi connectivity index (χ1) is 9.45. The molecule has 0 saturated carbocycles. The third-order valence-corrected chi connectivity index (χ3v) is 2.48. The number of carbonyl (C=O) groups excluding carboxylic acids is 1. The quantitative estimate of drug-likeness (QED) is 0.482. The lowest BCUT2D eigenvalue weighted by atomic mass is 9.97. The smallest absolute Gasteiger partial charge is 0.416 e. The number of rotatable bonds is 3. The molecule has 0 saturated heterocycles. The van der Waals surface area contributed by atoms with E-state index in [4.69, 9.17) is 7.85 Å². The zero-order chi connectivity index (χ0) is 16.4. The van der Waals surface area contributed by atoms with E-state index >= 15 is 0 Å². The van der Waals surface area contributed by atoms with Gasteiger partial charge in [-0.25, -0.2) is 4.79 Å². The van der Waals surface area contributed by atoms with Crippen molar-refractivity contribution in [1.82, 2.24) is 0 Å². The zero-order valence-corrected chi connectivity index (χ0v) is 10.7. The van der Waals surface area contributed by atoms with Crippen LogP contribution in [-0.2, 0) is 17.1 Å². The van der Waals surface area contributed by atoms with Crippen LogP contribution in [0.3, 0.4) is 0 Å². The normalized spacial score (nSPS) is 13.9. The van der Waals surface area contributed by atoms with E-state index in [2.05, 4.69) is 4.74 Å². The summed E-state index contributed by atoms with van der Waals surface area (Å²) >= 11 is 0. The SMILES string of the molecule is [B]C(CC)OC(=O)c1cc(C(F)(F)F)cc(C(F)(F)F)c1. The van der Waals surface area contributed by atoms with E-state index in [0.29, 0.717) is 12.1 Å². The molecule has 0 heterocycles. The van der Waals surface area contributed by atoms with E-state index in [1.807, 2.05) is 0 Å². The molecule has 9 heteroatoms. The van der Waals surface area contributed by atoms with Gasteiger partial charge in [-0.15, -0.1) is 0 Å². The Bertz CT molecular complexity index is 491. The highest BCUT2D eigenvalue weighted by molar-refractivity contribution is 6.12. The largest absolute Gasteiger partial charge is 0.469 e. The zero-order valence-electron chi connectivity index (χ0n) is 10.7. The Balaban J connectivity index is 3.29. The van der Waals surface area contributed by atoms with Gasteiger partial charge in [-0.1, -0.05) is 6.92 Å². The summed E-state index contributed by atoms with van der Waals surface area (Å²) < 4.78 is 80.0. The van der Waals surface area contributed by atoms with E-state index in [9.17, 15) is 31.1 Å². The van der Waals surface area contributed by atoms with Gasteiger partial charge in [0.2, 0.25) is 0 Å². The maximum absolute atomic E-state index is 12.6. The van der Waals surface area contributed by atoms with E-state index < -0.39 is 41.0 Å². The lowest BCUT2D eigenvalue weighted by Crippen LogP contribution is -2.19. The van der Waals surface area contributed by atoms with Gasteiger partial charge in [0.25, 0.3) is 0 Å². The van der Waals surface area contributed by atoms with E-state index in [-0.39, 0.29) is 12.5 Å². The van der Waals surface area contributed by atoms with Crippen molar-refractivity contribution in [1.29, 1.82) is 0 Å². The van der Waals surface area contributed by atoms with Crippen LogP contribution in [0.25, 0.3) is 0 Å². The summed E-state index contributed by atoms with van der Waals surface area (Å²) in [5.74, 6) is -1.35. The van der Waals surface area contributed by atoms with Gasteiger partial charge in [0.05, 0.1) is 22.7 Å². The van der Waals surface area contributed by atoms with Gasteiger partial charge in [0.15, 0.2) is 0 Å². The fraction of sp³-hybridized carbons (Fsp3) is 0.417. The van der Waals surface area contributed by atoms with Gasteiger partial charge >= 0.3 is 18.3 Å². The van der Waals surface area contributed by atoms with Crippen molar-refractivity contribution in [3.8, 4) is 0 Å². The third kappa shape index (κ3) is 4.68. The molecule has 0 aliphatic heterocycles. The predicted molar refractivity (Wildman–Crippen MR) is 61.7 cm³/mol. The number of carbonyl (C=O) groups is 1. The number of halogens is 6. The molecule has 0 aliphatic carbocycles. The highest BCUT2D eigenvalue weighted by Gasteiger charge is 2.37. The lowest BCUT2D eigenvalue weighted by molar-refractivity contribution is -0.143. The molecule has 0 fully saturated rings. The maximum atomic E-state index is 12.6. The molecule has 0 aromatic heterocycles. The van der Waals surface area contributed by atoms with Crippen LogP contribution in [0.2, 0.25) is 0 Å². The summed E-state index contributed by atoms with van der Waals surface area (Å²) in [6.07, 6.45) is -9.89. The van der Waals surface area contributed by atoms with Crippen LogP contribution in [0, 0.1) is 0 Å². The second-order valence-electron chi connectivity index (χ2n) is 4.15. The molecule has 0 bridgehead atoms. The molecular formula is C12H9BF6O2. The van der Waals surface area contributed by atoms with Crippen LogP contribution in [0.5, 0.6) is 0 Å². The van der Waals surface area contributed by atoms with Gasteiger partial charge in [0, 0.05) is 0 Å². The van der Waals surface area contributed by atoms with Crippen molar-refractivity contribution in [3.63, 3.8) is 0 Å². The van der Waals surface area contributed by atoms with E-state index in [1.54, 1.807) is 0 Å². The van der Waals surface area contributed by atoms with Gasteiger partial charge in [-0.3, -0.25) is 0 Å². The number of hydrogen-bond acceptors (Lipinski definition) is 2. The fourth-order valence-electron chi connectivity index (χ4n) is 1.36. The third-order valence-electron chi connectivity index (χ3n) is 2.48. The Morgan fingerprint density at radius 2 is 1.52 bits per heavy atom. The van der Waals surface area contributed by atoms with Crippen LogP contribution in [0.15, 0.2) is 18.2 Å². The molecule has 2 nitrogen and oxygen atoms in total. The molecule has 1 unspecified atom stereocenters. The first kappa shape index (κ1) is 17.4. The van der Waals surface area contributed by atoms with Crippen LogP contribution >= 0.6 is 0 Å². The Morgan fingerprint density at radius 1 is 1.10 bits per heavy atom. The monoisotopic (exact) mass is 310 g/mol. The molecule has 0 amide bonds. The van der Waals surface area contributed by atoms with Crippen LogP contribution in [-0.4, -0.2) is 19.8 Å². The Kier molecular flexibility index (Phi) is 4.96. The van der Waals surface area contributed by atoms with Crippen molar-refractivity contribution in [2.24, 2.45) is 0 Å². The molecule has 0 aliphatic rings. The molecule has 0 spiro atoms. The molecule has 114 valence electrons. The number of alkyl halides is 6. The maximum Gasteiger partial charge on any atom is 0.416 e. The number of ether oxygens (including phenoxy) is 1. The Labute approximate surface area is 117 Å². The number of benzene rings is 1. The fourth-order valence-corrected chi connectivity index (χ4v) is 1.36. The summed E-state index contributed by atoms with van der Waals surface area (Å²) in [6.45, 7) is 1.53. The first-order valence-corrected chi connectivity index (χ1v) is 5.71. The first-order valence-electron chi connectivity index (χ1n) is 5.71. The lowest BCUT2D eigenvalue weighted by Gasteiger charge is -2.15. The van der Waals surface area contributed by atoms with Crippen LogP contribution in [0.1, 0.15) is 34.8 Å². The molecule has 0 N–H and O–H groups in total. The molecule has 1 rings (SSSR count). The summed E-state index contributed by atoms with van der Waals surface area (Å²) in [5.41, 5.74) is -4.04. The van der Waals surface area contributed by atoms with Crippen molar-refractivity contribution in [2.75, 3.05) is 0 Å².